The van der Waals surface area contributed by atoms with Crippen molar-refractivity contribution in [3.8, 4) is 0 Å². The van der Waals surface area contributed by atoms with Gasteiger partial charge in [-0.1, -0.05) is 20.8 Å². The van der Waals surface area contributed by atoms with E-state index in [4.69, 9.17) is 0 Å². The first-order valence-corrected chi connectivity index (χ1v) is 5.06. The zero-order valence-electron chi connectivity index (χ0n) is 9.03. The van der Waals surface area contributed by atoms with Crippen LogP contribution in [-0.4, -0.2) is 5.92 Å². The summed E-state index contributed by atoms with van der Waals surface area (Å²) in [5.74, 6) is -2.26. The summed E-state index contributed by atoms with van der Waals surface area (Å²) in [5.41, 5.74) is 0.290. The molecule has 0 atom stereocenters. The molecule has 1 aliphatic carbocycles. The van der Waals surface area contributed by atoms with Crippen molar-refractivity contribution in [3.05, 3.63) is 0 Å². The highest BCUT2D eigenvalue weighted by Gasteiger charge is 2.44. The van der Waals surface area contributed by atoms with Crippen molar-refractivity contribution in [2.75, 3.05) is 0 Å². The van der Waals surface area contributed by atoms with Gasteiger partial charge in [-0.15, -0.1) is 0 Å². The molecule has 1 fully saturated rings. The van der Waals surface area contributed by atoms with Crippen molar-refractivity contribution < 1.29 is 8.78 Å². The van der Waals surface area contributed by atoms with Crippen molar-refractivity contribution in [3.63, 3.8) is 0 Å². The standard InChI is InChI=1S/C11H20F2/c1-10(2,3)7-8-5-9(6-8)11(4,12)13/h8-9H,5-7H2,1-4H3. The van der Waals surface area contributed by atoms with Crippen LogP contribution in [0.2, 0.25) is 0 Å². The van der Waals surface area contributed by atoms with E-state index in [1.54, 1.807) is 0 Å². The molecule has 0 aromatic carbocycles. The molecule has 0 aliphatic heterocycles. The summed E-state index contributed by atoms with van der Waals surface area (Å²) in [6.07, 6.45) is 2.53. The van der Waals surface area contributed by atoms with Crippen molar-refractivity contribution in [2.24, 2.45) is 17.3 Å². The second kappa shape index (κ2) is 3.21. The predicted octanol–water partition coefficient (Wildman–Crippen LogP) is 4.10. The lowest BCUT2D eigenvalue weighted by Gasteiger charge is -2.41. The molecule has 1 aliphatic rings. The van der Waals surface area contributed by atoms with Crippen LogP contribution < -0.4 is 0 Å². The lowest BCUT2D eigenvalue weighted by molar-refractivity contribution is -0.0952. The molecule has 78 valence electrons. The van der Waals surface area contributed by atoms with Gasteiger partial charge in [-0.05, 0) is 37.5 Å². The molecule has 0 saturated heterocycles. The zero-order chi connectivity index (χ0) is 10.3. The maximum atomic E-state index is 12.8. The van der Waals surface area contributed by atoms with Crippen LogP contribution in [0, 0.1) is 17.3 Å². The highest BCUT2D eigenvalue weighted by Crippen LogP contribution is 2.47. The fraction of sp³-hybridized carbons (Fsp3) is 1.00. The number of hydrogen-bond acceptors (Lipinski definition) is 0. The van der Waals surface area contributed by atoms with E-state index in [0.29, 0.717) is 11.3 Å². The van der Waals surface area contributed by atoms with E-state index in [9.17, 15) is 8.78 Å². The molecule has 0 aromatic heterocycles. The van der Waals surface area contributed by atoms with Crippen LogP contribution in [-0.2, 0) is 0 Å². The Morgan fingerprint density at radius 3 is 1.85 bits per heavy atom. The molecular formula is C11H20F2. The van der Waals surface area contributed by atoms with Crippen molar-refractivity contribution in [2.45, 2.75) is 52.9 Å². The van der Waals surface area contributed by atoms with E-state index >= 15 is 0 Å². The maximum Gasteiger partial charge on any atom is 0.248 e. The van der Waals surface area contributed by atoms with Gasteiger partial charge in [0.15, 0.2) is 0 Å². The average Bonchev–Trinajstić information content (AvgIpc) is 1.71. The quantitative estimate of drug-likeness (QED) is 0.615. The summed E-state index contributed by atoms with van der Waals surface area (Å²) >= 11 is 0. The smallest absolute Gasteiger partial charge is 0.207 e. The number of hydrogen-bond donors (Lipinski definition) is 0. The van der Waals surface area contributed by atoms with Crippen LogP contribution in [0.15, 0.2) is 0 Å². The van der Waals surface area contributed by atoms with E-state index in [1.165, 1.54) is 0 Å². The van der Waals surface area contributed by atoms with E-state index in [-0.39, 0.29) is 5.92 Å². The number of halogens is 2. The molecule has 0 nitrogen and oxygen atoms in total. The monoisotopic (exact) mass is 190 g/mol. The number of alkyl halides is 2. The molecule has 0 bridgehead atoms. The van der Waals surface area contributed by atoms with Crippen molar-refractivity contribution in [1.29, 1.82) is 0 Å². The van der Waals surface area contributed by atoms with Gasteiger partial charge in [0.05, 0.1) is 0 Å². The Kier molecular flexibility index (Phi) is 2.70. The summed E-state index contributed by atoms with van der Waals surface area (Å²) in [4.78, 5) is 0. The fourth-order valence-corrected chi connectivity index (χ4v) is 2.18. The Balaban J connectivity index is 2.27. The molecule has 0 aromatic rings. The highest BCUT2D eigenvalue weighted by molar-refractivity contribution is 4.88. The Bertz CT molecular complexity index is 168. The highest BCUT2D eigenvalue weighted by atomic mass is 19.3. The Hall–Kier alpha value is -0.140. The first-order valence-electron chi connectivity index (χ1n) is 5.06. The lowest BCUT2D eigenvalue weighted by atomic mass is 9.66. The third kappa shape index (κ3) is 3.24. The summed E-state index contributed by atoms with van der Waals surface area (Å²) in [6, 6.07) is 0. The Labute approximate surface area is 79.7 Å². The first-order chi connectivity index (χ1) is 5.68. The molecule has 1 rings (SSSR count). The molecule has 0 heterocycles. The van der Waals surface area contributed by atoms with Crippen LogP contribution in [0.5, 0.6) is 0 Å². The summed E-state index contributed by atoms with van der Waals surface area (Å²) in [5, 5.41) is 0. The van der Waals surface area contributed by atoms with Crippen molar-refractivity contribution in [1.82, 2.24) is 0 Å². The maximum absolute atomic E-state index is 12.8. The Morgan fingerprint density at radius 2 is 1.54 bits per heavy atom. The third-order valence-electron chi connectivity index (χ3n) is 2.85. The molecule has 0 spiro atoms. The van der Waals surface area contributed by atoms with Crippen LogP contribution in [0.4, 0.5) is 8.78 Å². The lowest BCUT2D eigenvalue weighted by Crippen LogP contribution is -2.37. The van der Waals surface area contributed by atoms with E-state index in [2.05, 4.69) is 20.8 Å². The summed E-state index contributed by atoms with van der Waals surface area (Å²) < 4.78 is 25.5. The third-order valence-corrected chi connectivity index (χ3v) is 2.85. The molecule has 0 N–H and O–H groups in total. The van der Waals surface area contributed by atoms with Crippen LogP contribution in [0.1, 0.15) is 47.0 Å². The van der Waals surface area contributed by atoms with Gasteiger partial charge in [0, 0.05) is 5.92 Å². The topological polar surface area (TPSA) is 0 Å². The van der Waals surface area contributed by atoms with Gasteiger partial charge < -0.3 is 0 Å². The van der Waals surface area contributed by atoms with Crippen LogP contribution >= 0.6 is 0 Å². The van der Waals surface area contributed by atoms with Gasteiger partial charge in [-0.2, -0.15) is 0 Å². The van der Waals surface area contributed by atoms with Gasteiger partial charge in [-0.3, -0.25) is 0 Å². The fourth-order valence-electron chi connectivity index (χ4n) is 2.18. The van der Waals surface area contributed by atoms with Gasteiger partial charge in [0.25, 0.3) is 0 Å². The first kappa shape index (κ1) is 10.9. The molecule has 13 heavy (non-hydrogen) atoms. The van der Waals surface area contributed by atoms with Gasteiger partial charge >= 0.3 is 0 Å². The largest absolute Gasteiger partial charge is 0.248 e. The predicted molar refractivity (Wildman–Crippen MR) is 50.9 cm³/mol. The van der Waals surface area contributed by atoms with E-state index < -0.39 is 5.92 Å². The zero-order valence-corrected chi connectivity index (χ0v) is 9.03. The van der Waals surface area contributed by atoms with E-state index in [1.807, 2.05) is 0 Å². The van der Waals surface area contributed by atoms with Gasteiger partial charge in [-0.25, -0.2) is 8.78 Å². The van der Waals surface area contributed by atoms with Crippen LogP contribution in [0.3, 0.4) is 0 Å². The molecule has 0 radical (unpaired) electrons. The van der Waals surface area contributed by atoms with Crippen molar-refractivity contribution >= 4 is 0 Å². The number of rotatable bonds is 2. The SMILES string of the molecule is CC(C)(C)CC1CC(C(C)(F)F)C1. The Morgan fingerprint density at radius 1 is 1.08 bits per heavy atom. The molecule has 2 heteroatoms. The minimum atomic E-state index is -2.45. The normalized spacial score (nSPS) is 30.0. The average molecular weight is 190 g/mol. The second-order valence-corrected chi connectivity index (χ2v) is 5.76. The van der Waals surface area contributed by atoms with Crippen LogP contribution in [0.25, 0.3) is 0 Å². The minimum Gasteiger partial charge on any atom is -0.207 e. The van der Waals surface area contributed by atoms with Gasteiger partial charge in [0.1, 0.15) is 0 Å². The van der Waals surface area contributed by atoms with Gasteiger partial charge in [0.2, 0.25) is 5.92 Å². The van der Waals surface area contributed by atoms with E-state index in [0.717, 1.165) is 26.2 Å². The second-order valence-electron chi connectivity index (χ2n) is 5.76. The molecule has 0 amide bonds. The molecule has 1 saturated carbocycles. The minimum absolute atomic E-state index is 0.290. The summed E-state index contributed by atoms with van der Waals surface area (Å²) in [6.45, 7) is 7.56. The summed E-state index contributed by atoms with van der Waals surface area (Å²) in [7, 11) is 0. The molecule has 0 unspecified atom stereocenters. The molecular weight excluding hydrogens is 170 g/mol.